The Labute approximate surface area is 102 Å². The number of carbonyl (C=O) groups excluding carboxylic acids is 1. The molecule has 0 rings (SSSR count). The summed E-state index contributed by atoms with van der Waals surface area (Å²) in [6.07, 6.45) is 1.15. The van der Waals surface area contributed by atoms with Gasteiger partial charge in [-0.3, -0.25) is 4.79 Å². The summed E-state index contributed by atoms with van der Waals surface area (Å²) in [7, 11) is -0.220. The van der Waals surface area contributed by atoms with E-state index < -0.39 is 16.1 Å². The van der Waals surface area contributed by atoms with Crippen molar-refractivity contribution in [2.45, 2.75) is 25.8 Å². The van der Waals surface area contributed by atoms with Crippen molar-refractivity contribution < 1.29 is 13.2 Å². The lowest BCUT2D eigenvalue weighted by molar-refractivity contribution is -0.130. The van der Waals surface area contributed by atoms with Crippen molar-refractivity contribution in [2.24, 2.45) is 0 Å². The van der Waals surface area contributed by atoms with Crippen LogP contribution in [0.1, 0.15) is 19.8 Å². The van der Waals surface area contributed by atoms with Gasteiger partial charge in [0.15, 0.2) is 0 Å². The lowest BCUT2D eigenvalue weighted by Crippen LogP contribution is -2.44. The molecule has 0 radical (unpaired) electrons. The van der Waals surface area contributed by atoms with Crippen LogP contribution in [0.2, 0.25) is 0 Å². The average Bonchev–Trinajstić information content (AvgIpc) is 2.15. The second-order valence-corrected chi connectivity index (χ2v) is 6.04. The molecule has 96 valence electrons. The highest BCUT2D eigenvalue weighted by atomic mass is 35.5. The molecule has 0 saturated heterocycles. The van der Waals surface area contributed by atoms with Crippen molar-refractivity contribution in [1.29, 1.82) is 0 Å². The number of rotatable bonds is 7. The van der Waals surface area contributed by atoms with Gasteiger partial charge in [0.1, 0.15) is 0 Å². The zero-order valence-corrected chi connectivity index (χ0v) is 11.4. The highest BCUT2D eigenvalue weighted by Crippen LogP contribution is 1.99. The van der Waals surface area contributed by atoms with Crippen LogP contribution in [0.15, 0.2) is 0 Å². The number of alkyl halides is 1. The number of sulfonamides is 1. The summed E-state index contributed by atoms with van der Waals surface area (Å²) >= 11 is 5.45. The van der Waals surface area contributed by atoms with Crippen LogP contribution in [-0.4, -0.2) is 51.0 Å². The molecule has 1 N–H and O–H groups in total. The van der Waals surface area contributed by atoms with E-state index in [0.717, 1.165) is 0 Å². The van der Waals surface area contributed by atoms with Crippen LogP contribution in [0.4, 0.5) is 0 Å². The maximum Gasteiger partial charge on any atom is 0.239 e. The molecule has 7 heteroatoms. The third-order valence-electron chi connectivity index (χ3n) is 1.96. The summed E-state index contributed by atoms with van der Waals surface area (Å²) in [5.41, 5.74) is 0. The van der Waals surface area contributed by atoms with E-state index in [1.165, 1.54) is 11.8 Å². The van der Waals surface area contributed by atoms with Crippen molar-refractivity contribution in [2.75, 3.05) is 25.7 Å². The summed E-state index contributed by atoms with van der Waals surface area (Å²) in [6.45, 7) is 1.53. The molecular formula is C9H19ClN2O3S. The summed E-state index contributed by atoms with van der Waals surface area (Å²) in [5.74, 6) is 0.188. The lowest BCUT2D eigenvalue weighted by Gasteiger charge is -2.17. The largest absolute Gasteiger partial charge is 0.347 e. The molecule has 0 spiro atoms. The number of hydrogen-bond acceptors (Lipinski definition) is 3. The molecule has 16 heavy (non-hydrogen) atoms. The molecule has 0 saturated carbocycles. The Morgan fingerprint density at radius 2 is 1.94 bits per heavy atom. The maximum absolute atomic E-state index is 11.5. The molecule has 1 atom stereocenters. The Kier molecular flexibility index (Phi) is 6.94. The summed E-state index contributed by atoms with van der Waals surface area (Å²) < 4.78 is 25.4. The fourth-order valence-electron chi connectivity index (χ4n) is 1.15. The lowest BCUT2D eigenvalue weighted by atomic mass is 10.3. The van der Waals surface area contributed by atoms with Crippen molar-refractivity contribution in [3.63, 3.8) is 0 Å². The summed E-state index contributed by atoms with van der Waals surface area (Å²) in [6, 6.07) is -0.726. The number of nitrogens with one attached hydrogen (secondary N) is 1. The van der Waals surface area contributed by atoms with Crippen molar-refractivity contribution in [3.05, 3.63) is 0 Å². The fraction of sp³-hybridized carbons (Fsp3) is 0.889. The van der Waals surface area contributed by atoms with Crippen molar-refractivity contribution in [3.8, 4) is 0 Å². The molecule has 0 aliphatic heterocycles. The van der Waals surface area contributed by atoms with E-state index in [4.69, 9.17) is 11.6 Å². The Morgan fingerprint density at radius 1 is 1.38 bits per heavy atom. The monoisotopic (exact) mass is 270 g/mol. The van der Waals surface area contributed by atoms with Gasteiger partial charge in [-0.25, -0.2) is 13.1 Å². The van der Waals surface area contributed by atoms with Gasteiger partial charge in [-0.2, -0.15) is 0 Å². The highest BCUT2D eigenvalue weighted by Gasteiger charge is 2.20. The second-order valence-electron chi connectivity index (χ2n) is 3.79. The zero-order chi connectivity index (χ0) is 12.8. The van der Waals surface area contributed by atoms with Gasteiger partial charge < -0.3 is 4.90 Å². The molecule has 0 bridgehead atoms. The maximum atomic E-state index is 11.5. The molecule has 0 heterocycles. The normalized spacial score (nSPS) is 13.5. The van der Waals surface area contributed by atoms with Crippen LogP contribution >= 0.6 is 11.6 Å². The van der Waals surface area contributed by atoms with E-state index in [1.807, 2.05) is 0 Å². The Bertz CT molecular complexity index is 317. The van der Waals surface area contributed by atoms with Gasteiger partial charge in [0.2, 0.25) is 15.9 Å². The summed E-state index contributed by atoms with van der Waals surface area (Å²) in [5, 5.41) is 0. The first kappa shape index (κ1) is 15.7. The third-order valence-corrected chi connectivity index (χ3v) is 3.77. The first-order valence-electron chi connectivity index (χ1n) is 5.07. The van der Waals surface area contributed by atoms with Crippen LogP contribution in [0.25, 0.3) is 0 Å². The van der Waals surface area contributed by atoms with Gasteiger partial charge in [0.05, 0.1) is 11.8 Å². The van der Waals surface area contributed by atoms with E-state index in [9.17, 15) is 13.2 Å². The number of likely N-dealkylation sites (N-methyl/N-ethyl adjacent to an activating group) is 1. The minimum absolute atomic E-state index is 0.00473. The molecule has 0 aromatic carbocycles. The molecule has 0 aliphatic carbocycles. The molecule has 0 aliphatic rings. The molecular weight excluding hydrogens is 252 g/mol. The van der Waals surface area contributed by atoms with Crippen LogP contribution in [0.5, 0.6) is 0 Å². The molecule has 1 unspecified atom stereocenters. The first-order chi connectivity index (χ1) is 7.30. The van der Waals surface area contributed by atoms with Gasteiger partial charge >= 0.3 is 0 Å². The molecule has 5 nitrogen and oxygen atoms in total. The Hall–Kier alpha value is -0.330. The van der Waals surface area contributed by atoms with E-state index in [0.29, 0.717) is 18.7 Å². The van der Waals surface area contributed by atoms with Gasteiger partial charge in [-0.1, -0.05) is 0 Å². The predicted octanol–water partition coefficient (Wildman–Crippen LogP) is 0.401. The quantitative estimate of drug-likeness (QED) is 0.538. The van der Waals surface area contributed by atoms with Gasteiger partial charge in [0, 0.05) is 20.0 Å². The number of halogens is 1. The van der Waals surface area contributed by atoms with Crippen molar-refractivity contribution >= 4 is 27.5 Å². The van der Waals surface area contributed by atoms with Crippen LogP contribution < -0.4 is 4.72 Å². The Morgan fingerprint density at radius 3 is 2.38 bits per heavy atom. The number of unbranched alkanes of at least 4 members (excludes halogenated alkanes) is 1. The van der Waals surface area contributed by atoms with E-state index in [1.54, 1.807) is 14.1 Å². The zero-order valence-electron chi connectivity index (χ0n) is 9.86. The molecule has 0 fully saturated rings. The van der Waals surface area contributed by atoms with Crippen molar-refractivity contribution in [1.82, 2.24) is 9.62 Å². The van der Waals surface area contributed by atoms with E-state index in [2.05, 4.69) is 4.72 Å². The van der Waals surface area contributed by atoms with Gasteiger partial charge in [-0.15, -0.1) is 11.6 Å². The number of hydrogen-bond donors (Lipinski definition) is 1. The SMILES string of the molecule is CC(NS(=O)(=O)CCCCCl)C(=O)N(C)C. The highest BCUT2D eigenvalue weighted by molar-refractivity contribution is 7.89. The number of nitrogens with zero attached hydrogens (tertiary/aromatic N) is 1. The number of amides is 1. The van der Waals surface area contributed by atoms with Gasteiger partial charge in [0.25, 0.3) is 0 Å². The number of carbonyl (C=O) groups is 1. The first-order valence-corrected chi connectivity index (χ1v) is 7.26. The predicted molar refractivity (Wildman–Crippen MR) is 65.0 cm³/mol. The topological polar surface area (TPSA) is 66.5 Å². The fourth-order valence-corrected chi connectivity index (χ4v) is 2.68. The van der Waals surface area contributed by atoms with Crippen LogP contribution in [0, 0.1) is 0 Å². The molecule has 0 aromatic heterocycles. The minimum Gasteiger partial charge on any atom is -0.347 e. The smallest absolute Gasteiger partial charge is 0.239 e. The molecule has 1 amide bonds. The minimum atomic E-state index is -3.39. The average molecular weight is 271 g/mol. The van der Waals surface area contributed by atoms with Crippen LogP contribution in [-0.2, 0) is 14.8 Å². The molecule has 0 aromatic rings. The summed E-state index contributed by atoms with van der Waals surface area (Å²) in [4.78, 5) is 12.8. The van der Waals surface area contributed by atoms with Crippen LogP contribution in [0.3, 0.4) is 0 Å². The van der Waals surface area contributed by atoms with Gasteiger partial charge in [-0.05, 0) is 19.8 Å². The Balaban J connectivity index is 4.20. The van der Waals surface area contributed by atoms with E-state index in [-0.39, 0.29) is 11.7 Å². The van der Waals surface area contributed by atoms with E-state index >= 15 is 0 Å². The third kappa shape index (κ3) is 6.30. The second kappa shape index (κ2) is 7.09. The standard InChI is InChI=1S/C9H19ClN2O3S/c1-8(9(13)12(2)3)11-16(14,15)7-5-4-6-10/h8,11H,4-7H2,1-3H3.